The molecule has 0 aliphatic carbocycles. The van der Waals surface area contributed by atoms with E-state index in [-0.39, 0.29) is 0 Å². The van der Waals surface area contributed by atoms with Crippen LogP contribution in [-0.4, -0.2) is 29.7 Å². The zero-order valence-electron chi connectivity index (χ0n) is 9.07. The van der Waals surface area contributed by atoms with Gasteiger partial charge in [-0.3, -0.25) is 4.98 Å². The number of nitrogens with one attached hydrogen (secondary N) is 1. The predicted octanol–water partition coefficient (Wildman–Crippen LogP) is 1.80. The summed E-state index contributed by atoms with van der Waals surface area (Å²) in [5, 5.41) is 3.26. The van der Waals surface area contributed by atoms with Crippen LogP contribution in [0.15, 0.2) is 12.4 Å². The highest BCUT2D eigenvalue weighted by Gasteiger charge is 2.20. The lowest BCUT2D eigenvalue weighted by molar-refractivity contribution is 0.0846. The van der Waals surface area contributed by atoms with Crippen LogP contribution in [0.25, 0.3) is 0 Å². The maximum absolute atomic E-state index is 5.35. The van der Waals surface area contributed by atoms with Crippen molar-refractivity contribution in [1.82, 2.24) is 9.97 Å². The molecular formula is C11H17N3O. The second-order valence-electron chi connectivity index (χ2n) is 3.71. The molecule has 0 unspecified atom stereocenters. The van der Waals surface area contributed by atoms with Gasteiger partial charge in [-0.2, -0.15) is 0 Å². The Balaban J connectivity index is 2.17. The molecular weight excluding hydrogens is 190 g/mol. The van der Waals surface area contributed by atoms with Gasteiger partial charge in [0.1, 0.15) is 5.82 Å². The minimum absolute atomic E-state index is 0.501. The van der Waals surface area contributed by atoms with Crippen molar-refractivity contribution in [3.05, 3.63) is 18.1 Å². The number of ether oxygens (including phenoxy) is 1. The van der Waals surface area contributed by atoms with Gasteiger partial charge in [-0.15, -0.1) is 0 Å². The highest BCUT2D eigenvalue weighted by Crippen LogP contribution is 2.28. The summed E-state index contributed by atoms with van der Waals surface area (Å²) in [6.07, 6.45) is 5.61. The van der Waals surface area contributed by atoms with Crippen LogP contribution < -0.4 is 5.32 Å². The Kier molecular flexibility index (Phi) is 3.50. The smallest absolute Gasteiger partial charge is 0.148 e. The molecule has 1 fully saturated rings. The predicted molar refractivity (Wildman–Crippen MR) is 59.0 cm³/mol. The molecule has 82 valence electrons. The minimum atomic E-state index is 0.501. The maximum atomic E-state index is 5.35. The van der Waals surface area contributed by atoms with Crippen molar-refractivity contribution in [3.8, 4) is 0 Å². The SMILES string of the molecule is CCNc1nccnc1C1CCOCC1. The molecule has 0 atom stereocenters. The Morgan fingerprint density at radius 1 is 1.33 bits per heavy atom. The molecule has 0 saturated carbocycles. The number of aromatic nitrogens is 2. The van der Waals surface area contributed by atoms with Gasteiger partial charge in [-0.25, -0.2) is 4.98 Å². The summed E-state index contributed by atoms with van der Waals surface area (Å²) in [6, 6.07) is 0. The van der Waals surface area contributed by atoms with Crippen LogP contribution in [0.4, 0.5) is 5.82 Å². The fourth-order valence-electron chi connectivity index (χ4n) is 1.92. The van der Waals surface area contributed by atoms with Crippen LogP contribution >= 0.6 is 0 Å². The van der Waals surface area contributed by atoms with Crippen molar-refractivity contribution in [2.24, 2.45) is 0 Å². The average Bonchev–Trinajstić information content (AvgIpc) is 2.31. The number of nitrogens with zero attached hydrogens (tertiary/aromatic N) is 2. The molecule has 0 spiro atoms. The lowest BCUT2D eigenvalue weighted by Crippen LogP contribution is -2.17. The van der Waals surface area contributed by atoms with Gasteiger partial charge in [0.25, 0.3) is 0 Å². The second kappa shape index (κ2) is 5.07. The van der Waals surface area contributed by atoms with E-state index >= 15 is 0 Å². The average molecular weight is 207 g/mol. The minimum Gasteiger partial charge on any atom is -0.381 e. The molecule has 1 N–H and O–H groups in total. The summed E-state index contributed by atoms with van der Waals surface area (Å²) in [5.41, 5.74) is 1.10. The molecule has 1 aromatic heterocycles. The van der Waals surface area contributed by atoms with Crippen molar-refractivity contribution in [1.29, 1.82) is 0 Å². The van der Waals surface area contributed by atoms with E-state index in [2.05, 4.69) is 22.2 Å². The highest BCUT2D eigenvalue weighted by atomic mass is 16.5. The number of rotatable bonds is 3. The molecule has 1 aliphatic heterocycles. The van der Waals surface area contributed by atoms with Gasteiger partial charge in [0.05, 0.1) is 5.69 Å². The number of anilines is 1. The van der Waals surface area contributed by atoms with Crippen LogP contribution in [0.5, 0.6) is 0 Å². The van der Waals surface area contributed by atoms with E-state index in [9.17, 15) is 0 Å². The van der Waals surface area contributed by atoms with Crippen molar-refractivity contribution in [3.63, 3.8) is 0 Å². The van der Waals surface area contributed by atoms with E-state index in [1.807, 2.05) is 0 Å². The van der Waals surface area contributed by atoms with Crippen LogP contribution in [0.3, 0.4) is 0 Å². The molecule has 1 aliphatic rings. The van der Waals surface area contributed by atoms with Crippen LogP contribution in [0.1, 0.15) is 31.4 Å². The first-order valence-corrected chi connectivity index (χ1v) is 5.54. The molecule has 0 amide bonds. The second-order valence-corrected chi connectivity index (χ2v) is 3.71. The van der Waals surface area contributed by atoms with Gasteiger partial charge >= 0.3 is 0 Å². The largest absolute Gasteiger partial charge is 0.381 e. The normalized spacial score (nSPS) is 17.7. The van der Waals surface area contributed by atoms with Crippen molar-refractivity contribution in [2.75, 3.05) is 25.1 Å². The Hall–Kier alpha value is -1.16. The van der Waals surface area contributed by atoms with Gasteiger partial charge in [0.2, 0.25) is 0 Å². The van der Waals surface area contributed by atoms with Gasteiger partial charge in [0.15, 0.2) is 0 Å². The summed E-state index contributed by atoms with van der Waals surface area (Å²) in [5.74, 6) is 1.44. The third-order valence-electron chi connectivity index (χ3n) is 2.68. The number of hydrogen-bond donors (Lipinski definition) is 1. The zero-order chi connectivity index (χ0) is 10.5. The fraction of sp³-hybridized carbons (Fsp3) is 0.636. The molecule has 0 bridgehead atoms. The fourth-order valence-corrected chi connectivity index (χ4v) is 1.92. The van der Waals surface area contributed by atoms with Crippen LogP contribution in [-0.2, 0) is 4.74 Å². The Morgan fingerprint density at radius 2 is 2.07 bits per heavy atom. The maximum Gasteiger partial charge on any atom is 0.148 e. The Morgan fingerprint density at radius 3 is 2.80 bits per heavy atom. The first-order chi connectivity index (χ1) is 7.42. The lowest BCUT2D eigenvalue weighted by atomic mass is 9.96. The summed E-state index contributed by atoms with van der Waals surface area (Å²) >= 11 is 0. The summed E-state index contributed by atoms with van der Waals surface area (Å²) in [6.45, 7) is 4.64. The zero-order valence-corrected chi connectivity index (χ0v) is 9.07. The van der Waals surface area contributed by atoms with Gasteiger partial charge in [-0.05, 0) is 19.8 Å². The highest BCUT2D eigenvalue weighted by molar-refractivity contribution is 5.41. The molecule has 15 heavy (non-hydrogen) atoms. The van der Waals surface area contributed by atoms with Crippen molar-refractivity contribution < 1.29 is 4.74 Å². The molecule has 4 nitrogen and oxygen atoms in total. The molecule has 1 saturated heterocycles. The van der Waals surface area contributed by atoms with E-state index in [0.29, 0.717) is 5.92 Å². The molecule has 0 radical (unpaired) electrons. The van der Waals surface area contributed by atoms with Gasteiger partial charge < -0.3 is 10.1 Å². The Labute approximate surface area is 90.1 Å². The summed E-state index contributed by atoms with van der Waals surface area (Å²) < 4.78 is 5.35. The third-order valence-corrected chi connectivity index (χ3v) is 2.68. The standard InChI is InChI=1S/C11H17N3O/c1-2-12-11-10(13-5-6-14-11)9-3-7-15-8-4-9/h5-6,9H,2-4,7-8H2,1H3,(H,12,14). The van der Waals surface area contributed by atoms with Crippen LogP contribution in [0.2, 0.25) is 0 Å². The monoisotopic (exact) mass is 207 g/mol. The van der Waals surface area contributed by atoms with Gasteiger partial charge in [0, 0.05) is 38.1 Å². The summed E-state index contributed by atoms with van der Waals surface area (Å²) in [4.78, 5) is 8.77. The van der Waals surface area contributed by atoms with E-state index in [1.165, 1.54) is 0 Å². The van der Waals surface area contributed by atoms with Crippen LogP contribution in [0, 0.1) is 0 Å². The quantitative estimate of drug-likeness (QED) is 0.821. The lowest BCUT2D eigenvalue weighted by Gasteiger charge is -2.22. The molecule has 1 aromatic rings. The number of hydrogen-bond acceptors (Lipinski definition) is 4. The van der Waals surface area contributed by atoms with Gasteiger partial charge in [-0.1, -0.05) is 0 Å². The first kappa shape index (κ1) is 10.4. The van der Waals surface area contributed by atoms with Crippen molar-refractivity contribution >= 4 is 5.82 Å². The molecule has 0 aromatic carbocycles. The van der Waals surface area contributed by atoms with E-state index in [0.717, 1.165) is 44.1 Å². The first-order valence-electron chi connectivity index (χ1n) is 5.54. The molecule has 4 heteroatoms. The van der Waals surface area contributed by atoms with E-state index in [4.69, 9.17) is 4.74 Å². The molecule has 2 rings (SSSR count). The topological polar surface area (TPSA) is 47.0 Å². The molecule has 2 heterocycles. The van der Waals surface area contributed by atoms with E-state index in [1.54, 1.807) is 12.4 Å². The van der Waals surface area contributed by atoms with Crippen molar-refractivity contribution in [2.45, 2.75) is 25.7 Å². The Bertz CT molecular complexity index is 310. The van der Waals surface area contributed by atoms with E-state index < -0.39 is 0 Å². The third kappa shape index (κ3) is 2.45. The summed E-state index contributed by atoms with van der Waals surface area (Å²) in [7, 11) is 0.